The first-order chi connectivity index (χ1) is 10.9. The van der Waals surface area contributed by atoms with E-state index in [1.807, 2.05) is 0 Å². The highest BCUT2D eigenvalue weighted by atomic mass is 35.5. The van der Waals surface area contributed by atoms with Gasteiger partial charge in [0.15, 0.2) is 0 Å². The fourth-order valence-electron chi connectivity index (χ4n) is 2.80. The fourth-order valence-corrected chi connectivity index (χ4v) is 2.97. The van der Waals surface area contributed by atoms with Gasteiger partial charge in [0.2, 0.25) is 5.92 Å². The summed E-state index contributed by atoms with van der Waals surface area (Å²) < 4.78 is 27.1. The lowest BCUT2D eigenvalue weighted by Crippen LogP contribution is -2.28. The van der Waals surface area contributed by atoms with E-state index in [9.17, 15) is 18.7 Å². The second-order valence-corrected chi connectivity index (χ2v) is 6.13. The van der Waals surface area contributed by atoms with Crippen molar-refractivity contribution in [2.75, 3.05) is 18.0 Å². The first-order valence-corrected chi connectivity index (χ1v) is 7.70. The third-order valence-corrected chi connectivity index (χ3v) is 4.24. The molecule has 2 heterocycles. The maximum absolute atomic E-state index is 13.5. The van der Waals surface area contributed by atoms with Gasteiger partial charge in [0.1, 0.15) is 11.4 Å². The number of halogens is 3. The van der Waals surface area contributed by atoms with E-state index in [0.29, 0.717) is 28.9 Å². The van der Waals surface area contributed by atoms with E-state index in [4.69, 9.17) is 11.6 Å². The molecule has 1 aromatic heterocycles. The van der Waals surface area contributed by atoms with Gasteiger partial charge < -0.3 is 10.0 Å². The van der Waals surface area contributed by atoms with E-state index in [1.54, 1.807) is 23.1 Å². The van der Waals surface area contributed by atoms with Gasteiger partial charge in [-0.2, -0.15) is 0 Å². The number of fused-ring (bicyclic) bond motifs is 1. The number of hydrogen-bond donors (Lipinski definition) is 1. The summed E-state index contributed by atoms with van der Waals surface area (Å²) in [6.07, 6.45) is -0.200. The molecule has 1 fully saturated rings. The van der Waals surface area contributed by atoms with Crippen LogP contribution in [0.2, 0.25) is 5.02 Å². The van der Waals surface area contributed by atoms with Crippen molar-refractivity contribution in [3.05, 3.63) is 34.9 Å². The Morgan fingerprint density at radius 2 is 2.04 bits per heavy atom. The predicted octanol–water partition coefficient (Wildman–Crippen LogP) is 4.21. The topological polar surface area (TPSA) is 53.4 Å². The zero-order valence-electron chi connectivity index (χ0n) is 12.2. The fraction of sp³-hybridized carbons (Fsp3) is 0.375. The molecule has 0 spiro atoms. The maximum atomic E-state index is 13.5. The quantitative estimate of drug-likeness (QED) is 0.889. The van der Waals surface area contributed by atoms with Gasteiger partial charge in [-0.3, -0.25) is 0 Å². The molecule has 23 heavy (non-hydrogen) atoms. The van der Waals surface area contributed by atoms with Crippen molar-refractivity contribution >= 4 is 34.3 Å². The number of rotatable bonds is 2. The van der Waals surface area contributed by atoms with E-state index in [2.05, 4.69) is 4.98 Å². The minimum absolute atomic E-state index is 0.0186. The van der Waals surface area contributed by atoms with Gasteiger partial charge in [0, 0.05) is 36.3 Å². The Kier molecular flexibility index (Phi) is 4.10. The van der Waals surface area contributed by atoms with Gasteiger partial charge in [-0.1, -0.05) is 17.7 Å². The smallest absolute Gasteiger partial charge is 0.339 e. The van der Waals surface area contributed by atoms with E-state index in [-0.39, 0.29) is 30.8 Å². The maximum Gasteiger partial charge on any atom is 0.339 e. The molecule has 0 unspecified atom stereocenters. The first-order valence-electron chi connectivity index (χ1n) is 7.32. The average Bonchev–Trinajstić information content (AvgIpc) is 2.66. The zero-order valence-corrected chi connectivity index (χ0v) is 13.0. The monoisotopic (exact) mass is 340 g/mol. The van der Waals surface area contributed by atoms with Crippen LogP contribution < -0.4 is 4.90 Å². The Morgan fingerprint density at radius 1 is 1.26 bits per heavy atom. The zero-order chi connectivity index (χ0) is 16.6. The largest absolute Gasteiger partial charge is 0.478 e. The summed E-state index contributed by atoms with van der Waals surface area (Å²) in [5, 5.41) is 10.6. The molecule has 3 rings (SSSR count). The summed E-state index contributed by atoms with van der Waals surface area (Å²) in [5.41, 5.74) is 0.568. The average molecular weight is 341 g/mol. The van der Waals surface area contributed by atoms with Crippen LogP contribution >= 0.6 is 11.6 Å². The predicted molar refractivity (Wildman–Crippen MR) is 84.7 cm³/mol. The molecule has 0 radical (unpaired) electrons. The Bertz CT molecular complexity index is 767. The number of anilines is 1. The standard InChI is InChI=1S/C16H15ClF2N2O2/c17-11-3-2-10-8-12(15(22)23)14(20-13(10)9-11)21-6-1-4-16(18,19)5-7-21/h2-3,8-9H,1,4-7H2,(H,22,23). The molecule has 1 aliphatic rings. The first kappa shape index (κ1) is 15.9. The van der Waals surface area contributed by atoms with Gasteiger partial charge in [0.05, 0.1) is 5.52 Å². The molecule has 7 heteroatoms. The third-order valence-electron chi connectivity index (χ3n) is 4.01. The molecule has 1 N–H and O–H groups in total. The molecule has 0 atom stereocenters. The van der Waals surface area contributed by atoms with Crippen LogP contribution in [0.15, 0.2) is 24.3 Å². The van der Waals surface area contributed by atoms with Crippen LogP contribution in [0.3, 0.4) is 0 Å². The number of alkyl halides is 2. The minimum Gasteiger partial charge on any atom is -0.478 e. The Hall–Kier alpha value is -1.95. The molecule has 0 aliphatic carbocycles. The van der Waals surface area contributed by atoms with Crippen LogP contribution in [0.4, 0.5) is 14.6 Å². The van der Waals surface area contributed by atoms with Gasteiger partial charge in [-0.25, -0.2) is 18.6 Å². The summed E-state index contributed by atoms with van der Waals surface area (Å²) in [6.45, 7) is 0.432. The molecule has 1 aromatic carbocycles. The van der Waals surface area contributed by atoms with Crippen LogP contribution in [0.5, 0.6) is 0 Å². The van der Waals surface area contributed by atoms with Crippen LogP contribution in [-0.4, -0.2) is 35.1 Å². The number of carbonyl (C=O) groups is 1. The number of carboxylic acids is 1. The number of hydrogen-bond acceptors (Lipinski definition) is 3. The SMILES string of the molecule is O=C(O)c1cc2ccc(Cl)cc2nc1N1CCCC(F)(F)CC1. The van der Waals surface area contributed by atoms with Gasteiger partial charge in [-0.05, 0) is 24.6 Å². The van der Waals surface area contributed by atoms with Crippen LogP contribution in [0, 0.1) is 0 Å². The van der Waals surface area contributed by atoms with E-state index in [0.717, 1.165) is 0 Å². The molecule has 0 amide bonds. The number of aromatic carboxylic acids is 1. The molecule has 0 saturated carbocycles. The Labute approximate surface area is 136 Å². The normalized spacial score (nSPS) is 18.0. The molecular formula is C16H15ClF2N2O2. The lowest BCUT2D eigenvalue weighted by molar-refractivity contribution is -0.0102. The number of benzene rings is 1. The van der Waals surface area contributed by atoms with E-state index < -0.39 is 11.9 Å². The van der Waals surface area contributed by atoms with Crippen LogP contribution in [0.1, 0.15) is 29.6 Å². The number of carboxylic acid groups (broad SMARTS) is 1. The molecule has 4 nitrogen and oxygen atoms in total. The number of pyridine rings is 1. The molecule has 1 aliphatic heterocycles. The van der Waals surface area contributed by atoms with Gasteiger partial charge >= 0.3 is 5.97 Å². The lowest BCUT2D eigenvalue weighted by Gasteiger charge is -2.23. The van der Waals surface area contributed by atoms with Crippen molar-refractivity contribution < 1.29 is 18.7 Å². The summed E-state index contributed by atoms with van der Waals surface area (Å²) in [6, 6.07) is 6.50. The highest BCUT2D eigenvalue weighted by Crippen LogP contribution is 2.32. The van der Waals surface area contributed by atoms with Crippen molar-refractivity contribution in [1.29, 1.82) is 0 Å². The van der Waals surface area contributed by atoms with E-state index in [1.165, 1.54) is 6.07 Å². The second-order valence-electron chi connectivity index (χ2n) is 5.70. The third kappa shape index (κ3) is 3.37. The Balaban J connectivity index is 2.07. The summed E-state index contributed by atoms with van der Waals surface area (Å²) in [5.74, 6) is -3.61. The summed E-state index contributed by atoms with van der Waals surface area (Å²) in [7, 11) is 0. The summed E-state index contributed by atoms with van der Waals surface area (Å²) >= 11 is 5.95. The molecule has 0 bridgehead atoms. The van der Waals surface area contributed by atoms with Crippen molar-refractivity contribution in [3.8, 4) is 0 Å². The highest BCUT2D eigenvalue weighted by molar-refractivity contribution is 6.31. The van der Waals surface area contributed by atoms with Gasteiger partial charge in [-0.15, -0.1) is 0 Å². The van der Waals surface area contributed by atoms with Gasteiger partial charge in [0.25, 0.3) is 0 Å². The Morgan fingerprint density at radius 3 is 2.78 bits per heavy atom. The lowest BCUT2D eigenvalue weighted by atomic mass is 10.1. The van der Waals surface area contributed by atoms with Crippen LogP contribution in [-0.2, 0) is 0 Å². The molecule has 2 aromatic rings. The summed E-state index contributed by atoms with van der Waals surface area (Å²) in [4.78, 5) is 17.6. The van der Waals surface area contributed by atoms with Crippen molar-refractivity contribution in [2.24, 2.45) is 0 Å². The van der Waals surface area contributed by atoms with Crippen molar-refractivity contribution in [2.45, 2.75) is 25.2 Å². The van der Waals surface area contributed by atoms with E-state index >= 15 is 0 Å². The van der Waals surface area contributed by atoms with Crippen molar-refractivity contribution in [1.82, 2.24) is 4.98 Å². The number of aromatic nitrogens is 1. The molecule has 1 saturated heterocycles. The van der Waals surface area contributed by atoms with Crippen LogP contribution in [0.25, 0.3) is 10.9 Å². The minimum atomic E-state index is -2.71. The molecule has 122 valence electrons. The highest BCUT2D eigenvalue weighted by Gasteiger charge is 2.33. The number of nitrogens with zero attached hydrogens (tertiary/aromatic N) is 2. The second kappa shape index (κ2) is 5.92. The van der Waals surface area contributed by atoms with Crippen molar-refractivity contribution in [3.63, 3.8) is 0 Å². The molecular weight excluding hydrogens is 326 g/mol.